The van der Waals surface area contributed by atoms with Gasteiger partial charge in [-0.25, -0.2) is 0 Å². The van der Waals surface area contributed by atoms with Gasteiger partial charge in [0.1, 0.15) is 0 Å². The van der Waals surface area contributed by atoms with Crippen LogP contribution in [0.25, 0.3) is 0 Å². The van der Waals surface area contributed by atoms with E-state index in [-0.39, 0.29) is 0 Å². The lowest BCUT2D eigenvalue weighted by atomic mass is 10.3. The highest BCUT2D eigenvalue weighted by Gasteiger charge is 2.22. The third kappa shape index (κ3) is 6.66. The van der Waals surface area contributed by atoms with E-state index in [9.17, 15) is 0 Å². The molecule has 1 aromatic carbocycles. The summed E-state index contributed by atoms with van der Waals surface area (Å²) in [6.07, 6.45) is 1.20. The van der Waals surface area contributed by atoms with Crippen LogP contribution in [-0.2, 0) is 4.12 Å². The molecule has 0 bridgehead atoms. The zero-order chi connectivity index (χ0) is 12.7. The largest absolute Gasteiger partial charge is 0.458 e. The fourth-order valence-corrected chi connectivity index (χ4v) is 8.60. The van der Waals surface area contributed by atoms with Crippen LogP contribution in [0.2, 0.25) is 32.2 Å². The van der Waals surface area contributed by atoms with Crippen LogP contribution in [0.1, 0.15) is 6.42 Å². The predicted octanol–water partition coefficient (Wildman–Crippen LogP) is 3.69. The first-order valence-electron chi connectivity index (χ1n) is 6.46. The first-order valence-corrected chi connectivity index (χ1v) is 12.4. The second-order valence-electron chi connectivity index (χ2n) is 5.32. The number of para-hydroxylation sites is 1. The van der Waals surface area contributed by atoms with Crippen LogP contribution in [0, 0.1) is 0 Å². The van der Waals surface area contributed by atoms with E-state index in [0.717, 1.165) is 6.54 Å². The van der Waals surface area contributed by atoms with Gasteiger partial charge in [-0.2, -0.15) is 0 Å². The van der Waals surface area contributed by atoms with E-state index in [1.807, 2.05) is 6.07 Å². The Morgan fingerprint density at radius 1 is 1.18 bits per heavy atom. The average molecular weight is 268 g/mol. The van der Waals surface area contributed by atoms with E-state index in [2.05, 4.69) is 55.8 Å². The molecule has 0 heterocycles. The SMILES string of the molecule is C[SiH](C)O[Si](C)(C)CCCNc1ccccc1. The molecule has 0 spiro atoms. The highest BCUT2D eigenvalue weighted by molar-refractivity contribution is 6.77. The maximum atomic E-state index is 6.14. The van der Waals surface area contributed by atoms with E-state index in [1.165, 1.54) is 18.2 Å². The molecule has 1 aromatic rings. The van der Waals surface area contributed by atoms with E-state index in [0.29, 0.717) is 0 Å². The summed E-state index contributed by atoms with van der Waals surface area (Å²) in [6.45, 7) is 10.2. The number of anilines is 1. The Morgan fingerprint density at radius 3 is 2.41 bits per heavy atom. The second-order valence-corrected chi connectivity index (χ2v) is 12.4. The Kier molecular flexibility index (Phi) is 5.95. The van der Waals surface area contributed by atoms with Crippen molar-refractivity contribution in [1.29, 1.82) is 0 Å². The lowest BCUT2D eigenvalue weighted by Gasteiger charge is -2.25. The molecule has 0 aliphatic heterocycles. The molecule has 2 nitrogen and oxygen atoms in total. The molecule has 4 heteroatoms. The topological polar surface area (TPSA) is 21.3 Å². The third-order valence-electron chi connectivity index (χ3n) is 2.61. The smallest absolute Gasteiger partial charge is 0.173 e. The van der Waals surface area contributed by atoms with Gasteiger partial charge in [0.2, 0.25) is 0 Å². The number of nitrogens with one attached hydrogen (secondary N) is 1. The maximum absolute atomic E-state index is 6.14. The highest BCUT2D eigenvalue weighted by Crippen LogP contribution is 2.15. The van der Waals surface area contributed by atoms with Crippen molar-refractivity contribution >= 4 is 23.0 Å². The normalized spacial score (nSPS) is 11.8. The Bertz CT molecular complexity index is 314. The Labute approximate surface area is 108 Å². The van der Waals surface area contributed by atoms with Crippen molar-refractivity contribution in [3.63, 3.8) is 0 Å². The minimum Gasteiger partial charge on any atom is -0.458 e. The molecule has 0 saturated carbocycles. The summed E-state index contributed by atoms with van der Waals surface area (Å²) in [4.78, 5) is 0. The number of benzene rings is 1. The predicted molar refractivity (Wildman–Crippen MR) is 81.8 cm³/mol. The zero-order valence-electron chi connectivity index (χ0n) is 11.5. The molecule has 0 amide bonds. The molecule has 1 N–H and O–H groups in total. The van der Waals surface area contributed by atoms with Crippen LogP contribution >= 0.6 is 0 Å². The monoisotopic (exact) mass is 267 g/mol. The van der Waals surface area contributed by atoms with Crippen molar-refractivity contribution < 1.29 is 4.12 Å². The minimum atomic E-state index is -1.38. The van der Waals surface area contributed by atoms with Gasteiger partial charge in [0.15, 0.2) is 17.4 Å². The lowest BCUT2D eigenvalue weighted by Crippen LogP contribution is -2.35. The van der Waals surface area contributed by atoms with Crippen LogP contribution < -0.4 is 5.32 Å². The van der Waals surface area contributed by atoms with Crippen molar-refractivity contribution in [3.05, 3.63) is 30.3 Å². The minimum absolute atomic E-state index is 0.865. The van der Waals surface area contributed by atoms with Gasteiger partial charge in [0.05, 0.1) is 0 Å². The van der Waals surface area contributed by atoms with Crippen LogP contribution in [0.3, 0.4) is 0 Å². The maximum Gasteiger partial charge on any atom is 0.173 e. The molecule has 0 aliphatic carbocycles. The van der Waals surface area contributed by atoms with Gasteiger partial charge < -0.3 is 9.43 Å². The fraction of sp³-hybridized carbons (Fsp3) is 0.538. The summed E-state index contributed by atoms with van der Waals surface area (Å²) in [7, 11) is -2.25. The van der Waals surface area contributed by atoms with Crippen LogP contribution in [-0.4, -0.2) is 23.9 Å². The quantitative estimate of drug-likeness (QED) is 0.601. The van der Waals surface area contributed by atoms with Gasteiger partial charge in [-0.1, -0.05) is 18.2 Å². The molecule has 0 aliphatic rings. The average Bonchev–Trinajstić information content (AvgIpc) is 2.24. The molecular weight excluding hydrogens is 242 g/mol. The van der Waals surface area contributed by atoms with Gasteiger partial charge in [-0.05, 0) is 50.8 Å². The van der Waals surface area contributed by atoms with E-state index in [1.54, 1.807) is 0 Å². The van der Waals surface area contributed by atoms with Crippen molar-refractivity contribution in [1.82, 2.24) is 0 Å². The van der Waals surface area contributed by atoms with Gasteiger partial charge in [0, 0.05) is 12.2 Å². The van der Waals surface area contributed by atoms with E-state index < -0.39 is 17.4 Å². The molecule has 0 saturated heterocycles. The van der Waals surface area contributed by atoms with Crippen molar-refractivity contribution in [2.24, 2.45) is 0 Å². The van der Waals surface area contributed by atoms with E-state index >= 15 is 0 Å². The van der Waals surface area contributed by atoms with Gasteiger partial charge in [-0.15, -0.1) is 0 Å². The van der Waals surface area contributed by atoms with Crippen molar-refractivity contribution in [2.75, 3.05) is 11.9 Å². The summed E-state index contributed by atoms with van der Waals surface area (Å²) < 4.78 is 6.14. The molecule has 0 radical (unpaired) electrons. The third-order valence-corrected chi connectivity index (χ3v) is 8.61. The Hall–Kier alpha value is -0.586. The van der Waals surface area contributed by atoms with Crippen molar-refractivity contribution in [2.45, 2.75) is 38.7 Å². The van der Waals surface area contributed by atoms with Gasteiger partial charge in [-0.3, -0.25) is 0 Å². The Morgan fingerprint density at radius 2 is 1.82 bits per heavy atom. The summed E-state index contributed by atoms with van der Waals surface area (Å²) in [5.74, 6) is 0. The number of rotatable bonds is 7. The number of hydrogen-bond acceptors (Lipinski definition) is 2. The van der Waals surface area contributed by atoms with Crippen LogP contribution in [0.5, 0.6) is 0 Å². The summed E-state index contributed by atoms with van der Waals surface area (Å²) in [5, 5.41) is 3.45. The van der Waals surface area contributed by atoms with Crippen molar-refractivity contribution in [3.8, 4) is 0 Å². The molecule has 0 fully saturated rings. The van der Waals surface area contributed by atoms with Crippen LogP contribution in [0.4, 0.5) is 5.69 Å². The number of hydrogen-bond donors (Lipinski definition) is 1. The summed E-state index contributed by atoms with van der Waals surface area (Å²) in [6, 6.07) is 11.6. The zero-order valence-corrected chi connectivity index (χ0v) is 13.6. The highest BCUT2D eigenvalue weighted by atomic mass is 28.4. The first kappa shape index (κ1) is 14.5. The molecule has 0 atom stereocenters. The fourth-order valence-electron chi connectivity index (χ4n) is 2.00. The molecule has 1 rings (SSSR count). The first-order chi connectivity index (χ1) is 7.99. The standard InChI is InChI=1S/C13H25NOSi2/c1-16(2)15-17(3,4)12-8-11-14-13-9-6-5-7-10-13/h5-7,9-10,14,16H,8,11-12H2,1-4H3. The van der Waals surface area contributed by atoms with E-state index in [4.69, 9.17) is 4.12 Å². The Balaban J connectivity index is 2.20. The van der Waals surface area contributed by atoms with Gasteiger partial charge in [0.25, 0.3) is 0 Å². The lowest BCUT2D eigenvalue weighted by molar-refractivity contribution is 0.567. The molecule has 17 heavy (non-hydrogen) atoms. The second kappa shape index (κ2) is 6.98. The van der Waals surface area contributed by atoms with Crippen LogP contribution in [0.15, 0.2) is 30.3 Å². The summed E-state index contributed by atoms with van der Waals surface area (Å²) >= 11 is 0. The van der Waals surface area contributed by atoms with Gasteiger partial charge >= 0.3 is 0 Å². The molecule has 96 valence electrons. The molecular formula is C13H25NOSi2. The summed E-state index contributed by atoms with van der Waals surface area (Å²) in [5.41, 5.74) is 1.21. The molecule has 0 unspecified atom stereocenters. The molecule has 0 aromatic heterocycles.